The highest BCUT2D eigenvalue weighted by Gasteiger charge is 2.21. The van der Waals surface area contributed by atoms with Gasteiger partial charge in [-0.3, -0.25) is 0 Å². The molecule has 9 aromatic carbocycles. The van der Waals surface area contributed by atoms with E-state index in [4.69, 9.17) is 0 Å². The Labute approximate surface area is 339 Å². The van der Waals surface area contributed by atoms with Crippen LogP contribution < -0.4 is 4.90 Å². The van der Waals surface area contributed by atoms with E-state index in [1.54, 1.807) is 12.1 Å². The summed E-state index contributed by atoms with van der Waals surface area (Å²) in [6, 6.07) is 74.1. The van der Waals surface area contributed by atoms with Crippen molar-refractivity contribution in [2.24, 2.45) is 0 Å². The van der Waals surface area contributed by atoms with Gasteiger partial charge in [0.05, 0.1) is 22.4 Å². The van der Waals surface area contributed by atoms with Crippen LogP contribution in [0.5, 0.6) is 0 Å². The number of benzene rings is 9. The Bertz CT molecular complexity index is 3290. The van der Waals surface area contributed by atoms with Crippen molar-refractivity contribution in [1.82, 2.24) is 4.57 Å². The maximum atomic E-state index is 15.7. The summed E-state index contributed by atoms with van der Waals surface area (Å²) in [5.41, 5.74) is 12.5. The van der Waals surface area contributed by atoms with Crippen LogP contribution in [0.25, 0.3) is 81.0 Å². The normalized spacial score (nSPS) is 11.5. The van der Waals surface area contributed by atoms with E-state index in [-0.39, 0.29) is 5.82 Å². The molecule has 0 unspecified atom stereocenters. The first kappa shape index (κ1) is 34.0. The van der Waals surface area contributed by atoms with Crippen molar-refractivity contribution in [3.8, 4) is 39.1 Å². The number of thiophene rings is 1. The second-order valence-corrected chi connectivity index (χ2v) is 15.7. The Morgan fingerprint density at radius 1 is 0.397 bits per heavy atom. The highest BCUT2D eigenvalue weighted by molar-refractivity contribution is 7.25. The summed E-state index contributed by atoms with van der Waals surface area (Å²) >= 11 is 1.85. The van der Waals surface area contributed by atoms with Crippen LogP contribution in [0.3, 0.4) is 0 Å². The average Bonchev–Trinajstić information content (AvgIpc) is 3.84. The van der Waals surface area contributed by atoms with Crippen molar-refractivity contribution in [2.75, 3.05) is 4.90 Å². The molecule has 0 radical (unpaired) electrons. The summed E-state index contributed by atoms with van der Waals surface area (Å²) in [5.74, 6) is -0.238. The second-order valence-electron chi connectivity index (χ2n) is 14.6. The summed E-state index contributed by atoms with van der Waals surface area (Å²) < 4.78 is 20.4. The minimum atomic E-state index is -0.238. The van der Waals surface area contributed by atoms with Crippen LogP contribution in [-0.4, -0.2) is 4.57 Å². The van der Waals surface area contributed by atoms with Gasteiger partial charge < -0.3 is 9.47 Å². The quantitative estimate of drug-likeness (QED) is 0.157. The van der Waals surface area contributed by atoms with Gasteiger partial charge in [0.1, 0.15) is 5.82 Å². The van der Waals surface area contributed by atoms with Gasteiger partial charge in [0, 0.05) is 53.4 Å². The third-order valence-electron chi connectivity index (χ3n) is 11.3. The number of rotatable bonds is 7. The Kier molecular flexibility index (Phi) is 8.23. The molecule has 0 aliphatic carbocycles. The molecule has 0 aliphatic rings. The SMILES string of the molecule is Fc1cccc2c3ccccc3n(-c3ccccc3-c3ccc(N(c4ccc(-c5cccc6sc7ccccc7c56)cc4)c4ccccc4-c4ccccc4)cc3)c12. The molecule has 2 heterocycles. The van der Waals surface area contributed by atoms with Gasteiger partial charge in [0.15, 0.2) is 0 Å². The molecule has 4 heteroatoms. The molecular formula is C54H35FN2S. The number of aromatic nitrogens is 1. The van der Waals surface area contributed by atoms with Crippen LogP contribution in [0, 0.1) is 5.82 Å². The highest BCUT2D eigenvalue weighted by Crippen LogP contribution is 2.44. The van der Waals surface area contributed by atoms with Gasteiger partial charge in [0.25, 0.3) is 0 Å². The summed E-state index contributed by atoms with van der Waals surface area (Å²) in [5, 5.41) is 4.54. The van der Waals surface area contributed by atoms with Gasteiger partial charge in [-0.15, -0.1) is 11.3 Å². The third kappa shape index (κ3) is 5.61. The van der Waals surface area contributed by atoms with Gasteiger partial charge in [-0.1, -0.05) is 152 Å². The van der Waals surface area contributed by atoms with E-state index in [2.05, 4.69) is 185 Å². The lowest BCUT2D eigenvalue weighted by atomic mass is 9.98. The van der Waals surface area contributed by atoms with Crippen LogP contribution >= 0.6 is 11.3 Å². The van der Waals surface area contributed by atoms with Crippen LogP contribution in [0.2, 0.25) is 0 Å². The number of hydrogen-bond acceptors (Lipinski definition) is 2. The molecule has 0 amide bonds. The standard InChI is InChI=1S/C54H35FN2S/c55-47-22-12-21-45-44-18-6-10-25-50(44)57(54(45)47)49-24-9-5-17-42(49)37-28-32-39(33-29-37)56(48-23-8-4-16-41(48)36-14-2-1-3-15-36)40-34-30-38(31-35-40)43-20-13-27-52-53(43)46-19-7-11-26-51(46)58-52/h1-35H. The average molecular weight is 763 g/mol. The summed E-state index contributed by atoms with van der Waals surface area (Å²) in [6.07, 6.45) is 0. The number of halogens is 1. The van der Waals surface area contributed by atoms with Gasteiger partial charge in [0.2, 0.25) is 0 Å². The lowest BCUT2D eigenvalue weighted by molar-refractivity contribution is 0.635. The lowest BCUT2D eigenvalue weighted by Gasteiger charge is -2.28. The van der Waals surface area contributed by atoms with Crippen LogP contribution in [0.1, 0.15) is 0 Å². The fourth-order valence-corrected chi connectivity index (χ4v) is 9.82. The predicted molar refractivity (Wildman–Crippen MR) is 245 cm³/mol. The van der Waals surface area contributed by atoms with Crippen molar-refractivity contribution in [2.45, 2.75) is 0 Å². The predicted octanol–water partition coefficient (Wildman–Crippen LogP) is 15.8. The zero-order valence-corrected chi connectivity index (χ0v) is 32.2. The van der Waals surface area contributed by atoms with Crippen molar-refractivity contribution in [3.05, 3.63) is 218 Å². The second kappa shape index (κ2) is 14.0. The molecular weight excluding hydrogens is 728 g/mol. The van der Waals surface area contributed by atoms with Gasteiger partial charge in [-0.25, -0.2) is 4.39 Å². The molecule has 2 nitrogen and oxygen atoms in total. The smallest absolute Gasteiger partial charge is 0.147 e. The zero-order chi connectivity index (χ0) is 38.6. The minimum absolute atomic E-state index is 0.238. The fourth-order valence-electron chi connectivity index (χ4n) is 8.69. The van der Waals surface area contributed by atoms with Crippen LogP contribution in [0.4, 0.5) is 21.5 Å². The first-order chi connectivity index (χ1) is 28.7. The fraction of sp³-hybridized carbons (Fsp3) is 0. The molecule has 58 heavy (non-hydrogen) atoms. The molecule has 11 rings (SSSR count). The van der Waals surface area contributed by atoms with Crippen molar-refractivity contribution in [3.63, 3.8) is 0 Å². The highest BCUT2D eigenvalue weighted by atomic mass is 32.1. The van der Waals surface area contributed by atoms with Crippen molar-refractivity contribution < 1.29 is 4.39 Å². The van der Waals surface area contributed by atoms with E-state index in [0.29, 0.717) is 5.52 Å². The number of anilines is 3. The van der Waals surface area contributed by atoms with E-state index in [1.807, 2.05) is 35.6 Å². The molecule has 0 fully saturated rings. The van der Waals surface area contributed by atoms with E-state index in [9.17, 15) is 0 Å². The Balaban J connectivity index is 1.05. The van der Waals surface area contributed by atoms with Crippen molar-refractivity contribution in [1.29, 1.82) is 0 Å². The molecule has 11 aromatic rings. The topological polar surface area (TPSA) is 8.17 Å². The molecule has 2 aromatic heterocycles. The maximum Gasteiger partial charge on any atom is 0.147 e. The molecule has 0 aliphatic heterocycles. The van der Waals surface area contributed by atoms with Crippen molar-refractivity contribution >= 4 is 70.4 Å². The van der Waals surface area contributed by atoms with E-state index in [0.717, 1.165) is 61.3 Å². The van der Waals surface area contributed by atoms with Gasteiger partial charge in [-0.2, -0.15) is 0 Å². The third-order valence-corrected chi connectivity index (χ3v) is 12.4. The molecule has 0 N–H and O–H groups in total. The Hall–Kier alpha value is -7.27. The number of nitrogens with zero attached hydrogens (tertiary/aromatic N) is 2. The molecule has 0 atom stereocenters. The summed E-state index contributed by atoms with van der Waals surface area (Å²) in [4.78, 5) is 2.35. The number of fused-ring (bicyclic) bond motifs is 6. The summed E-state index contributed by atoms with van der Waals surface area (Å²) in [6.45, 7) is 0. The van der Waals surface area contributed by atoms with Crippen LogP contribution in [-0.2, 0) is 0 Å². The monoisotopic (exact) mass is 762 g/mol. The molecule has 0 bridgehead atoms. The first-order valence-corrected chi connectivity index (χ1v) is 20.4. The van der Waals surface area contributed by atoms with E-state index in [1.165, 1.54) is 31.3 Å². The molecule has 274 valence electrons. The maximum absolute atomic E-state index is 15.7. The van der Waals surface area contributed by atoms with E-state index < -0.39 is 0 Å². The molecule has 0 saturated heterocycles. The molecule has 0 saturated carbocycles. The van der Waals surface area contributed by atoms with E-state index >= 15 is 4.39 Å². The number of para-hydroxylation sites is 4. The minimum Gasteiger partial charge on any atom is -0.310 e. The number of hydrogen-bond donors (Lipinski definition) is 0. The van der Waals surface area contributed by atoms with Crippen LogP contribution in [0.15, 0.2) is 212 Å². The van der Waals surface area contributed by atoms with Gasteiger partial charge in [-0.05, 0) is 82.9 Å². The largest absolute Gasteiger partial charge is 0.310 e. The summed E-state index contributed by atoms with van der Waals surface area (Å²) in [7, 11) is 0. The first-order valence-electron chi connectivity index (χ1n) is 19.5. The Morgan fingerprint density at radius 2 is 0.948 bits per heavy atom. The zero-order valence-electron chi connectivity index (χ0n) is 31.4. The molecule has 0 spiro atoms. The Morgan fingerprint density at radius 3 is 1.74 bits per heavy atom. The lowest BCUT2D eigenvalue weighted by Crippen LogP contribution is -2.11. The van der Waals surface area contributed by atoms with Gasteiger partial charge >= 0.3 is 0 Å².